The molecule has 0 aliphatic carbocycles. The highest BCUT2D eigenvalue weighted by atomic mass is 16.5. The molecular formula is C34H36O6. The number of ether oxygens (including phenoxy) is 2. The van der Waals surface area contributed by atoms with Crippen molar-refractivity contribution in [1.29, 1.82) is 0 Å². The van der Waals surface area contributed by atoms with Crippen LogP contribution in [0.2, 0.25) is 0 Å². The summed E-state index contributed by atoms with van der Waals surface area (Å²) in [5.74, 6) is -0.172. The van der Waals surface area contributed by atoms with Gasteiger partial charge in [-0.25, -0.2) is 9.59 Å². The first-order valence-corrected chi connectivity index (χ1v) is 12.6. The number of hydrogen-bond donors (Lipinski definition) is 2. The molecule has 0 amide bonds. The van der Waals surface area contributed by atoms with E-state index in [1.165, 1.54) is 11.1 Å². The number of rotatable bonds is 8. The van der Waals surface area contributed by atoms with Crippen LogP contribution < -0.4 is 9.47 Å². The van der Waals surface area contributed by atoms with Crippen molar-refractivity contribution < 1.29 is 29.3 Å². The van der Waals surface area contributed by atoms with E-state index in [4.69, 9.17) is 19.7 Å². The van der Waals surface area contributed by atoms with Gasteiger partial charge in [-0.05, 0) is 37.1 Å². The van der Waals surface area contributed by atoms with Crippen molar-refractivity contribution in [2.24, 2.45) is 0 Å². The van der Waals surface area contributed by atoms with Gasteiger partial charge in [0.15, 0.2) is 0 Å². The monoisotopic (exact) mass is 540 g/mol. The molecule has 40 heavy (non-hydrogen) atoms. The Hall–Kier alpha value is -5.10. The zero-order valence-electron chi connectivity index (χ0n) is 22.9. The second-order valence-corrected chi connectivity index (χ2v) is 7.68. The molecule has 0 heterocycles. The molecule has 0 bridgehead atoms. The molecule has 0 aliphatic heterocycles. The van der Waals surface area contributed by atoms with Gasteiger partial charge < -0.3 is 19.7 Å². The lowest BCUT2D eigenvalue weighted by Gasteiger charge is -2.13. The molecule has 0 aromatic heterocycles. The van der Waals surface area contributed by atoms with Gasteiger partial charge in [0, 0.05) is 23.3 Å². The van der Waals surface area contributed by atoms with Gasteiger partial charge in [0.1, 0.15) is 11.5 Å². The molecule has 4 rings (SSSR count). The van der Waals surface area contributed by atoms with Crippen molar-refractivity contribution in [1.82, 2.24) is 0 Å². The molecule has 4 aromatic rings. The van der Waals surface area contributed by atoms with Gasteiger partial charge in [0.05, 0.1) is 13.2 Å². The Morgan fingerprint density at radius 2 is 0.850 bits per heavy atom. The number of carboxylic acids is 2. The first-order chi connectivity index (χ1) is 19.4. The molecule has 4 aromatic carbocycles. The molecule has 0 unspecified atom stereocenters. The van der Waals surface area contributed by atoms with E-state index in [1.807, 2.05) is 62.4 Å². The minimum Gasteiger partial charge on any atom is -0.493 e. The van der Waals surface area contributed by atoms with Crippen molar-refractivity contribution >= 4 is 11.9 Å². The Kier molecular flexibility index (Phi) is 16.4. The molecule has 0 radical (unpaired) electrons. The van der Waals surface area contributed by atoms with E-state index >= 15 is 0 Å². The maximum atomic E-state index is 9.25. The molecule has 208 valence electrons. The summed E-state index contributed by atoms with van der Waals surface area (Å²) in [6.45, 7) is 11.2. The van der Waals surface area contributed by atoms with Crippen molar-refractivity contribution in [2.45, 2.75) is 13.8 Å². The zero-order valence-corrected chi connectivity index (χ0v) is 22.9. The van der Waals surface area contributed by atoms with E-state index in [-0.39, 0.29) is 0 Å². The first-order valence-electron chi connectivity index (χ1n) is 12.6. The van der Waals surface area contributed by atoms with Gasteiger partial charge in [-0.2, -0.15) is 0 Å². The maximum Gasteiger partial charge on any atom is 0.327 e. The molecule has 0 fully saturated rings. The third-order valence-electron chi connectivity index (χ3n) is 4.89. The Balaban J connectivity index is 0.000000311. The van der Waals surface area contributed by atoms with Crippen LogP contribution >= 0.6 is 0 Å². The highest BCUT2D eigenvalue weighted by Crippen LogP contribution is 2.36. The number of hydrogen-bond acceptors (Lipinski definition) is 4. The smallest absolute Gasteiger partial charge is 0.327 e. The molecule has 2 N–H and O–H groups in total. The average molecular weight is 541 g/mol. The van der Waals surface area contributed by atoms with Gasteiger partial charge in [-0.1, -0.05) is 110 Å². The molecular weight excluding hydrogens is 504 g/mol. The highest BCUT2D eigenvalue weighted by molar-refractivity contribution is 5.79. The van der Waals surface area contributed by atoms with Crippen molar-refractivity contribution in [3.05, 3.63) is 135 Å². The SMILES string of the molecule is C=CC(=O)O.C=CC(=O)O.CCOc1ccccc1-c1ccccc1OCC.c1ccc(-c2ccccc2)cc1. The quantitative estimate of drug-likeness (QED) is 0.220. The van der Waals surface area contributed by atoms with Crippen LogP contribution in [0.1, 0.15) is 13.8 Å². The number of carboxylic acid groups (broad SMARTS) is 2. The average Bonchev–Trinajstić information content (AvgIpc) is 3.00. The van der Waals surface area contributed by atoms with Crippen LogP contribution in [0.25, 0.3) is 22.3 Å². The summed E-state index contributed by atoms with van der Waals surface area (Å²) in [6.07, 6.45) is 1.67. The molecule has 6 heteroatoms. The van der Waals surface area contributed by atoms with E-state index in [1.54, 1.807) is 0 Å². The zero-order chi connectivity index (χ0) is 29.6. The third-order valence-corrected chi connectivity index (χ3v) is 4.89. The summed E-state index contributed by atoms with van der Waals surface area (Å²) >= 11 is 0. The van der Waals surface area contributed by atoms with Crippen LogP contribution in [0.4, 0.5) is 0 Å². The largest absolute Gasteiger partial charge is 0.493 e. The maximum absolute atomic E-state index is 9.25. The second-order valence-electron chi connectivity index (χ2n) is 7.68. The van der Waals surface area contributed by atoms with Crippen LogP contribution in [0, 0.1) is 0 Å². The molecule has 0 spiro atoms. The van der Waals surface area contributed by atoms with Gasteiger partial charge in [0.2, 0.25) is 0 Å². The number of benzene rings is 4. The predicted molar refractivity (Wildman–Crippen MR) is 162 cm³/mol. The van der Waals surface area contributed by atoms with E-state index < -0.39 is 11.9 Å². The Morgan fingerprint density at radius 1 is 0.575 bits per heavy atom. The van der Waals surface area contributed by atoms with Crippen molar-refractivity contribution in [3.8, 4) is 33.8 Å². The number of aliphatic carboxylic acids is 2. The van der Waals surface area contributed by atoms with Crippen LogP contribution in [-0.4, -0.2) is 35.4 Å². The minimum absolute atomic E-state index is 0.661. The van der Waals surface area contributed by atoms with Gasteiger partial charge in [-0.3, -0.25) is 0 Å². The van der Waals surface area contributed by atoms with E-state index in [2.05, 4.69) is 73.8 Å². The summed E-state index contributed by atoms with van der Waals surface area (Å²) < 4.78 is 11.3. The highest BCUT2D eigenvalue weighted by Gasteiger charge is 2.10. The summed E-state index contributed by atoms with van der Waals surface area (Å²) in [5, 5.41) is 15.2. The predicted octanol–water partition coefficient (Wildman–Crippen LogP) is 8.02. The van der Waals surface area contributed by atoms with Crippen LogP contribution in [0.15, 0.2) is 135 Å². The molecule has 0 atom stereocenters. The van der Waals surface area contributed by atoms with Crippen LogP contribution in [0.5, 0.6) is 11.5 Å². The fourth-order valence-electron chi connectivity index (χ4n) is 3.20. The fourth-order valence-corrected chi connectivity index (χ4v) is 3.20. The van der Waals surface area contributed by atoms with Crippen LogP contribution in [-0.2, 0) is 9.59 Å². The summed E-state index contributed by atoms with van der Waals surface area (Å²) in [4.78, 5) is 18.5. The van der Waals surface area contributed by atoms with Crippen molar-refractivity contribution in [2.75, 3.05) is 13.2 Å². The third kappa shape index (κ3) is 12.9. The topological polar surface area (TPSA) is 93.1 Å². The van der Waals surface area contributed by atoms with E-state index in [0.29, 0.717) is 13.2 Å². The summed E-state index contributed by atoms with van der Waals surface area (Å²) in [5.41, 5.74) is 4.70. The van der Waals surface area contributed by atoms with E-state index in [0.717, 1.165) is 34.8 Å². The lowest BCUT2D eigenvalue weighted by molar-refractivity contribution is -0.132. The first kappa shape index (κ1) is 32.9. The fraction of sp³-hybridized carbons (Fsp3) is 0.118. The van der Waals surface area contributed by atoms with Gasteiger partial charge in [0.25, 0.3) is 0 Å². The standard InChI is InChI=1S/C16H18O2.C12H10.2C3H4O2/c1-3-17-15-11-7-5-9-13(15)14-10-6-8-12-16(14)18-4-2;1-3-7-11(8-4-1)12-9-5-2-6-10-12;2*1-2-3(4)5/h5-12H,3-4H2,1-2H3;1-10H;2*2H,1H2,(H,4,5). The van der Waals surface area contributed by atoms with Crippen molar-refractivity contribution in [3.63, 3.8) is 0 Å². The van der Waals surface area contributed by atoms with Crippen LogP contribution in [0.3, 0.4) is 0 Å². The summed E-state index contributed by atoms with van der Waals surface area (Å²) in [7, 11) is 0. The lowest BCUT2D eigenvalue weighted by Crippen LogP contribution is -1.97. The lowest BCUT2D eigenvalue weighted by atomic mass is 10.0. The molecule has 0 saturated heterocycles. The Labute approximate surface area is 236 Å². The Bertz CT molecular complexity index is 1200. The van der Waals surface area contributed by atoms with Gasteiger partial charge >= 0.3 is 11.9 Å². The minimum atomic E-state index is -0.981. The normalized spacial score (nSPS) is 9.05. The van der Waals surface area contributed by atoms with Gasteiger partial charge in [-0.15, -0.1) is 0 Å². The molecule has 6 nitrogen and oxygen atoms in total. The number of carbonyl (C=O) groups is 2. The number of para-hydroxylation sites is 2. The van der Waals surface area contributed by atoms with E-state index in [9.17, 15) is 9.59 Å². The summed E-state index contributed by atoms with van der Waals surface area (Å²) in [6, 6.07) is 36.9. The molecule has 0 saturated carbocycles. The second kappa shape index (κ2) is 19.9. The Morgan fingerprint density at radius 3 is 1.12 bits per heavy atom. The molecule has 0 aliphatic rings.